The maximum Gasteiger partial charge on any atom is 0.327 e. The number of hydrogen-bond donors (Lipinski definition) is 2. The third kappa shape index (κ3) is 3.12. The van der Waals surface area contributed by atoms with Crippen LogP contribution in [0.1, 0.15) is 11.1 Å². The van der Waals surface area contributed by atoms with Crippen LogP contribution < -0.4 is 5.32 Å². The minimum absolute atomic E-state index is 0.122. The van der Waals surface area contributed by atoms with E-state index in [1.165, 1.54) is 4.90 Å². The van der Waals surface area contributed by atoms with Gasteiger partial charge in [0.15, 0.2) is 0 Å². The molecule has 1 aliphatic heterocycles. The zero-order valence-corrected chi connectivity index (χ0v) is 10.9. The lowest BCUT2D eigenvalue weighted by Gasteiger charge is -2.33. The molecule has 5 heteroatoms. The Morgan fingerprint density at radius 2 is 2.16 bits per heavy atom. The van der Waals surface area contributed by atoms with Crippen molar-refractivity contribution in [1.82, 2.24) is 10.2 Å². The topological polar surface area (TPSA) is 69.6 Å². The van der Waals surface area contributed by atoms with Crippen LogP contribution in [0.2, 0.25) is 0 Å². The van der Waals surface area contributed by atoms with Gasteiger partial charge in [0.05, 0.1) is 6.42 Å². The van der Waals surface area contributed by atoms with Crippen molar-refractivity contribution in [3.63, 3.8) is 0 Å². The largest absolute Gasteiger partial charge is 0.480 e. The summed E-state index contributed by atoms with van der Waals surface area (Å²) in [5.41, 5.74) is 2.01. The van der Waals surface area contributed by atoms with Crippen molar-refractivity contribution in [2.45, 2.75) is 19.4 Å². The Morgan fingerprint density at radius 1 is 1.42 bits per heavy atom. The summed E-state index contributed by atoms with van der Waals surface area (Å²) in [6.07, 6.45) is 0.260. The van der Waals surface area contributed by atoms with Crippen LogP contribution in [0.4, 0.5) is 0 Å². The van der Waals surface area contributed by atoms with Crippen LogP contribution >= 0.6 is 0 Å². The molecule has 2 rings (SSSR count). The standard InChI is InChI=1S/C14H18N2O3/c1-10-4-2-3-5-11(10)8-13(17)16-7-6-15-9-12(16)14(18)19/h2-5,12,15H,6-9H2,1H3,(H,18,19). The van der Waals surface area contributed by atoms with Gasteiger partial charge in [0.1, 0.15) is 6.04 Å². The van der Waals surface area contributed by atoms with Crippen molar-refractivity contribution in [1.29, 1.82) is 0 Å². The Labute approximate surface area is 112 Å². The average molecular weight is 262 g/mol. The van der Waals surface area contributed by atoms with Gasteiger partial charge < -0.3 is 15.3 Å². The maximum atomic E-state index is 12.3. The number of carbonyl (C=O) groups is 2. The van der Waals surface area contributed by atoms with Crippen molar-refractivity contribution >= 4 is 11.9 Å². The lowest BCUT2D eigenvalue weighted by atomic mass is 10.0. The van der Waals surface area contributed by atoms with Gasteiger partial charge in [-0.25, -0.2) is 4.79 Å². The van der Waals surface area contributed by atoms with Gasteiger partial charge in [0.2, 0.25) is 5.91 Å². The Kier molecular flexibility index (Phi) is 4.16. The fraction of sp³-hybridized carbons (Fsp3) is 0.429. The quantitative estimate of drug-likeness (QED) is 0.828. The molecule has 5 nitrogen and oxygen atoms in total. The summed E-state index contributed by atoms with van der Waals surface area (Å²) in [7, 11) is 0. The van der Waals surface area contributed by atoms with Crippen molar-refractivity contribution < 1.29 is 14.7 Å². The number of carboxylic acids is 1. The zero-order chi connectivity index (χ0) is 13.8. The van der Waals surface area contributed by atoms with Gasteiger partial charge in [-0.05, 0) is 18.1 Å². The van der Waals surface area contributed by atoms with E-state index >= 15 is 0 Å². The van der Waals surface area contributed by atoms with E-state index in [4.69, 9.17) is 5.11 Å². The van der Waals surface area contributed by atoms with E-state index in [0.29, 0.717) is 19.6 Å². The van der Waals surface area contributed by atoms with Crippen molar-refractivity contribution in [3.05, 3.63) is 35.4 Å². The van der Waals surface area contributed by atoms with E-state index in [9.17, 15) is 9.59 Å². The van der Waals surface area contributed by atoms with Gasteiger partial charge in [-0.1, -0.05) is 24.3 Å². The average Bonchev–Trinajstić information content (AvgIpc) is 2.41. The molecule has 1 fully saturated rings. The van der Waals surface area contributed by atoms with E-state index in [0.717, 1.165) is 11.1 Å². The minimum Gasteiger partial charge on any atom is -0.480 e. The van der Waals surface area contributed by atoms with Gasteiger partial charge in [0.25, 0.3) is 0 Å². The molecule has 19 heavy (non-hydrogen) atoms. The number of piperazine rings is 1. The van der Waals surface area contributed by atoms with E-state index in [-0.39, 0.29) is 12.3 Å². The molecule has 0 saturated carbocycles. The van der Waals surface area contributed by atoms with Gasteiger partial charge in [-0.3, -0.25) is 4.79 Å². The second-order valence-corrected chi connectivity index (χ2v) is 4.75. The van der Waals surface area contributed by atoms with Crippen LogP contribution in [0.15, 0.2) is 24.3 Å². The number of hydrogen-bond acceptors (Lipinski definition) is 3. The SMILES string of the molecule is Cc1ccccc1CC(=O)N1CCNCC1C(=O)O. The van der Waals surface area contributed by atoms with Gasteiger partial charge in [-0.15, -0.1) is 0 Å². The molecule has 0 spiro atoms. The third-order valence-corrected chi connectivity index (χ3v) is 3.45. The Hall–Kier alpha value is -1.88. The number of carbonyl (C=O) groups excluding carboxylic acids is 1. The van der Waals surface area contributed by atoms with Gasteiger partial charge >= 0.3 is 5.97 Å². The maximum absolute atomic E-state index is 12.3. The van der Waals surface area contributed by atoms with E-state index < -0.39 is 12.0 Å². The van der Waals surface area contributed by atoms with E-state index in [1.807, 2.05) is 31.2 Å². The van der Waals surface area contributed by atoms with Crippen LogP contribution in [-0.4, -0.2) is 47.6 Å². The number of nitrogens with zero attached hydrogens (tertiary/aromatic N) is 1. The first-order valence-electron chi connectivity index (χ1n) is 6.37. The second kappa shape index (κ2) is 5.84. The molecule has 102 valence electrons. The first kappa shape index (κ1) is 13.5. The molecule has 2 N–H and O–H groups in total. The van der Waals surface area contributed by atoms with Crippen molar-refractivity contribution in [3.8, 4) is 0 Å². The third-order valence-electron chi connectivity index (χ3n) is 3.45. The van der Waals surface area contributed by atoms with E-state index in [2.05, 4.69) is 5.32 Å². The molecular formula is C14H18N2O3. The molecule has 1 heterocycles. The number of nitrogens with one attached hydrogen (secondary N) is 1. The van der Waals surface area contributed by atoms with Crippen LogP contribution in [-0.2, 0) is 16.0 Å². The smallest absolute Gasteiger partial charge is 0.327 e. The molecule has 0 radical (unpaired) electrons. The summed E-state index contributed by atoms with van der Waals surface area (Å²) in [6, 6.07) is 6.92. The number of benzene rings is 1. The lowest BCUT2D eigenvalue weighted by molar-refractivity contribution is -0.150. The highest BCUT2D eigenvalue weighted by molar-refractivity contribution is 5.85. The molecule has 1 atom stereocenters. The van der Waals surface area contributed by atoms with Crippen molar-refractivity contribution in [2.24, 2.45) is 0 Å². The summed E-state index contributed by atoms with van der Waals surface area (Å²) >= 11 is 0. The Balaban J connectivity index is 2.10. The van der Waals surface area contributed by atoms with Crippen LogP contribution in [0.5, 0.6) is 0 Å². The summed E-state index contributed by atoms with van der Waals surface area (Å²) in [5, 5.41) is 12.1. The Morgan fingerprint density at radius 3 is 2.84 bits per heavy atom. The molecule has 0 aliphatic carbocycles. The van der Waals surface area contributed by atoms with Gasteiger partial charge in [-0.2, -0.15) is 0 Å². The molecular weight excluding hydrogens is 244 g/mol. The number of aliphatic carboxylic acids is 1. The Bertz CT molecular complexity index is 487. The highest BCUT2D eigenvalue weighted by Gasteiger charge is 2.31. The highest BCUT2D eigenvalue weighted by Crippen LogP contribution is 2.12. The summed E-state index contributed by atoms with van der Waals surface area (Å²) in [4.78, 5) is 24.9. The van der Waals surface area contributed by atoms with Crippen LogP contribution in [0.25, 0.3) is 0 Å². The first-order chi connectivity index (χ1) is 9.09. The molecule has 1 aliphatic rings. The number of amides is 1. The minimum atomic E-state index is -0.953. The number of aryl methyl sites for hydroxylation is 1. The summed E-state index contributed by atoms with van der Waals surface area (Å²) in [5.74, 6) is -1.08. The van der Waals surface area contributed by atoms with E-state index in [1.54, 1.807) is 0 Å². The highest BCUT2D eigenvalue weighted by atomic mass is 16.4. The molecule has 1 amide bonds. The molecule has 0 aromatic heterocycles. The molecule has 0 bridgehead atoms. The summed E-state index contributed by atoms with van der Waals surface area (Å²) < 4.78 is 0. The molecule has 1 unspecified atom stereocenters. The number of carboxylic acid groups (broad SMARTS) is 1. The first-order valence-corrected chi connectivity index (χ1v) is 6.37. The predicted molar refractivity (Wildman–Crippen MR) is 70.9 cm³/mol. The zero-order valence-electron chi connectivity index (χ0n) is 10.9. The fourth-order valence-corrected chi connectivity index (χ4v) is 2.30. The molecule has 1 aromatic rings. The molecule has 1 aromatic carbocycles. The second-order valence-electron chi connectivity index (χ2n) is 4.75. The number of rotatable bonds is 3. The fourth-order valence-electron chi connectivity index (χ4n) is 2.30. The summed E-state index contributed by atoms with van der Waals surface area (Å²) in [6.45, 7) is 3.36. The van der Waals surface area contributed by atoms with Crippen molar-refractivity contribution in [2.75, 3.05) is 19.6 Å². The van der Waals surface area contributed by atoms with Crippen LogP contribution in [0, 0.1) is 6.92 Å². The molecule has 1 saturated heterocycles. The van der Waals surface area contributed by atoms with Gasteiger partial charge in [0, 0.05) is 19.6 Å². The van der Waals surface area contributed by atoms with Crippen LogP contribution in [0.3, 0.4) is 0 Å². The normalized spacial score (nSPS) is 19.2. The lowest BCUT2D eigenvalue weighted by Crippen LogP contribution is -2.57. The predicted octanol–water partition coefficient (Wildman–Crippen LogP) is 0.423. The monoisotopic (exact) mass is 262 g/mol.